The standard InChI is InChI=1S/C43H32O/c44-42-30-28-41(29-31-42)43(38-22-16-35(17-23-38)32-10-4-1-5-11-32,39-24-18-36(19-25-39)33-12-6-2-7-13-33)40-26-20-37(21-27-40)34-14-8-3-9-15-34/h1-31,44H. The van der Waals surface area contributed by atoms with Crippen LogP contribution in [0.15, 0.2) is 188 Å². The monoisotopic (exact) mass is 564 g/mol. The predicted octanol–water partition coefficient (Wildman–Crippen LogP) is 10.8. The van der Waals surface area contributed by atoms with Crippen molar-refractivity contribution in [3.05, 3.63) is 210 Å². The molecule has 0 heterocycles. The maximum atomic E-state index is 10.3. The summed E-state index contributed by atoms with van der Waals surface area (Å²) >= 11 is 0. The Morgan fingerprint density at radius 1 is 0.250 bits per heavy atom. The smallest absolute Gasteiger partial charge is 0.115 e. The zero-order chi connectivity index (χ0) is 29.8. The van der Waals surface area contributed by atoms with Gasteiger partial charge in [-0.1, -0.05) is 176 Å². The van der Waals surface area contributed by atoms with Crippen molar-refractivity contribution < 1.29 is 5.11 Å². The molecular weight excluding hydrogens is 532 g/mol. The van der Waals surface area contributed by atoms with Crippen LogP contribution in [0.25, 0.3) is 33.4 Å². The molecular formula is C43H32O. The lowest BCUT2D eigenvalue weighted by atomic mass is 9.64. The van der Waals surface area contributed by atoms with Gasteiger partial charge >= 0.3 is 0 Å². The first kappa shape index (κ1) is 27.2. The lowest BCUT2D eigenvalue weighted by Crippen LogP contribution is -2.31. The molecule has 0 aliphatic heterocycles. The van der Waals surface area contributed by atoms with Crippen LogP contribution in [0.4, 0.5) is 0 Å². The van der Waals surface area contributed by atoms with E-state index in [1.807, 2.05) is 18.2 Å². The van der Waals surface area contributed by atoms with Gasteiger partial charge in [-0.05, 0) is 67.8 Å². The molecule has 0 atom stereocenters. The largest absolute Gasteiger partial charge is 0.508 e. The Bertz CT molecular complexity index is 1740. The molecule has 210 valence electrons. The van der Waals surface area contributed by atoms with Crippen molar-refractivity contribution >= 4 is 0 Å². The molecule has 0 aromatic heterocycles. The molecule has 7 rings (SSSR count). The predicted molar refractivity (Wildman–Crippen MR) is 183 cm³/mol. The van der Waals surface area contributed by atoms with Gasteiger partial charge in [0.1, 0.15) is 5.75 Å². The van der Waals surface area contributed by atoms with Crippen LogP contribution >= 0.6 is 0 Å². The fraction of sp³-hybridized carbons (Fsp3) is 0.0233. The first-order valence-corrected chi connectivity index (χ1v) is 15.0. The molecule has 7 aromatic carbocycles. The maximum Gasteiger partial charge on any atom is 0.115 e. The third-order valence-electron chi connectivity index (χ3n) is 8.58. The van der Waals surface area contributed by atoms with E-state index in [0.717, 1.165) is 22.3 Å². The van der Waals surface area contributed by atoms with Gasteiger partial charge < -0.3 is 5.11 Å². The molecule has 0 aliphatic rings. The van der Waals surface area contributed by atoms with Crippen LogP contribution in [0, 0.1) is 0 Å². The van der Waals surface area contributed by atoms with E-state index in [2.05, 4.69) is 158 Å². The van der Waals surface area contributed by atoms with Crippen molar-refractivity contribution in [1.82, 2.24) is 0 Å². The minimum Gasteiger partial charge on any atom is -0.508 e. The van der Waals surface area contributed by atoms with Gasteiger partial charge in [0, 0.05) is 0 Å². The van der Waals surface area contributed by atoms with E-state index in [9.17, 15) is 5.11 Å². The Balaban J connectivity index is 1.45. The van der Waals surface area contributed by atoms with Gasteiger partial charge in [0.25, 0.3) is 0 Å². The Kier molecular flexibility index (Phi) is 7.36. The van der Waals surface area contributed by atoms with Crippen LogP contribution in [0.3, 0.4) is 0 Å². The van der Waals surface area contributed by atoms with Crippen molar-refractivity contribution in [2.24, 2.45) is 0 Å². The molecule has 0 unspecified atom stereocenters. The summed E-state index contributed by atoms with van der Waals surface area (Å²) in [6, 6.07) is 66.0. The van der Waals surface area contributed by atoms with Gasteiger partial charge in [-0.3, -0.25) is 0 Å². The summed E-state index contributed by atoms with van der Waals surface area (Å²) in [7, 11) is 0. The molecule has 44 heavy (non-hydrogen) atoms. The lowest BCUT2D eigenvalue weighted by molar-refractivity contribution is 0.475. The lowest BCUT2D eigenvalue weighted by Gasteiger charge is -2.37. The molecule has 0 saturated carbocycles. The summed E-state index contributed by atoms with van der Waals surface area (Å²) in [6.45, 7) is 0. The van der Waals surface area contributed by atoms with E-state index in [4.69, 9.17) is 0 Å². The highest BCUT2D eigenvalue weighted by atomic mass is 16.3. The first-order valence-electron chi connectivity index (χ1n) is 15.0. The fourth-order valence-corrected chi connectivity index (χ4v) is 6.34. The third-order valence-corrected chi connectivity index (χ3v) is 8.58. The molecule has 1 nitrogen and oxygen atoms in total. The van der Waals surface area contributed by atoms with Crippen molar-refractivity contribution in [2.75, 3.05) is 0 Å². The molecule has 1 heteroatoms. The van der Waals surface area contributed by atoms with Gasteiger partial charge in [-0.15, -0.1) is 0 Å². The van der Waals surface area contributed by atoms with E-state index in [0.29, 0.717) is 0 Å². The van der Waals surface area contributed by atoms with E-state index in [-0.39, 0.29) is 5.75 Å². The number of aromatic hydroxyl groups is 1. The zero-order valence-electron chi connectivity index (χ0n) is 24.3. The van der Waals surface area contributed by atoms with E-state index in [1.165, 1.54) is 33.4 Å². The number of hydrogen-bond acceptors (Lipinski definition) is 1. The number of rotatable bonds is 7. The average Bonchev–Trinajstić information content (AvgIpc) is 3.11. The average molecular weight is 565 g/mol. The van der Waals surface area contributed by atoms with Crippen LogP contribution in [0.2, 0.25) is 0 Å². The van der Waals surface area contributed by atoms with Crippen LogP contribution < -0.4 is 0 Å². The highest BCUT2D eigenvalue weighted by molar-refractivity contribution is 5.70. The molecule has 0 saturated heterocycles. The van der Waals surface area contributed by atoms with E-state index < -0.39 is 5.41 Å². The second-order valence-electron chi connectivity index (χ2n) is 11.1. The summed E-state index contributed by atoms with van der Waals surface area (Å²) < 4.78 is 0. The number of benzene rings is 7. The van der Waals surface area contributed by atoms with Crippen LogP contribution in [0.5, 0.6) is 5.75 Å². The highest BCUT2D eigenvalue weighted by Crippen LogP contribution is 2.46. The summed E-state index contributed by atoms with van der Waals surface area (Å²) in [5, 5.41) is 10.3. The highest BCUT2D eigenvalue weighted by Gasteiger charge is 2.38. The molecule has 1 N–H and O–H groups in total. The van der Waals surface area contributed by atoms with Gasteiger partial charge in [0.2, 0.25) is 0 Å². The minimum atomic E-state index is -0.632. The van der Waals surface area contributed by atoms with Crippen LogP contribution in [-0.4, -0.2) is 5.11 Å². The maximum absolute atomic E-state index is 10.3. The number of hydrogen-bond donors (Lipinski definition) is 1. The Morgan fingerprint density at radius 2 is 0.477 bits per heavy atom. The Labute approximate surface area is 259 Å². The molecule has 7 aromatic rings. The fourth-order valence-electron chi connectivity index (χ4n) is 6.34. The SMILES string of the molecule is Oc1ccc(C(c2ccc(-c3ccccc3)cc2)(c2ccc(-c3ccccc3)cc2)c2ccc(-c3ccccc3)cc2)cc1. The van der Waals surface area contributed by atoms with Gasteiger partial charge in [0.05, 0.1) is 5.41 Å². The summed E-state index contributed by atoms with van der Waals surface area (Å²) in [5.41, 5.74) is 11.0. The van der Waals surface area contributed by atoms with E-state index in [1.54, 1.807) is 12.1 Å². The molecule has 0 amide bonds. The quantitative estimate of drug-likeness (QED) is 0.191. The number of phenolic OH excluding ortho intramolecular Hbond substituents is 1. The Hall–Kier alpha value is -5.66. The molecule has 0 fully saturated rings. The van der Waals surface area contributed by atoms with Crippen molar-refractivity contribution in [2.45, 2.75) is 5.41 Å². The number of phenols is 1. The van der Waals surface area contributed by atoms with Gasteiger partial charge in [0.15, 0.2) is 0 Å². The second-order valence-corrected chi connectivity index (χ2v) is 11.1. The summed E-state index contributed by atoms with van der Waals surface area (Å²) in [4.78, 5) is 0. The minimum absolute atomic E-state index is 0.251. The van der Waals surface area contributed by atoms with Gasteiger partial charge in [-0.25, -0.2) is 0 Å². The van der Waals surface area contributed by atoms with Crippen LogP contribution in [0.1, 0.15) is 22.3 Å². The van der Waals surface area contributed by atoms with Crippen molar-refractivity contribution in [3.63, 3.8) is 0 Å². The van der Waals surface area contributed by atoms with Crippen molar-refractivity contribution in [3.8, 4) is 39.1 Å². The normalized spacial score (nSPS) is 11.3. The topological polar surface area (TPSA) is 20.2 Å². The summed E-state index contributed by atoms with van der Waals surface area (Å²) in [6.07, 6.45) is 0. The second kappa shape index (κ2) is 11.9. The molecule has 0 radical (unpaired) electrons. The van der Waals surface area contributed by atoms with Crippen LogP contribution in [-0.2, 0) is 5.41 Å². The molecule has 0 aliphatic carbocycles. The Morgan fingerprint density at radius 3 is 0.750 bits per heavy atom. The third kappa shape index (κ3) is 5.10. The zero-order valence-corrected chi connectivity index (χ0v) is 24.3. The van der Waals surface area contributed by atoms with Gasteiger partial charge in [-0.2, -0.15) is 0 Å². The van der Waals surface area contributed by atoms with E-state index >= 15 is 0 Å². The molecule has 0 spiro atoms. The molecule has 0 bridgehead atoms. The first-order chi connectivity index (χ1) is 21.7. The summed E-state index contributed by atoms with van der Waals surface area (Å²) in [5.74, 6) is 0.251. The van der Waals surface area contributed by atoms with Crippen molar-refractivity contribution in [1.29, 1.82) is 0 Å².